The van der Waals surface area contributed by atoms with Gasteiger partial charge in [0.05, 0.1) is 11.8 Å². The molecule has 104 valence electrons. The predicted octanol–water partition coefficient (Wildman–Crippen LogP) is 3.78. The first-order chi connectivity index (χ1) is 9.74. The molecule has 1 fully saturated rings. The minimum absolute atomic E-state index is 0.0487. The topological polar surface area (TPSA) is 55.1 Å². The number of hydrogen-bond donors (Lipinski definition) is 1. The lowest BCUT2D eigenvalue weighted by molar-refractivity contribution is -0.119. The minimum Gasteiger partial charge on any atom is -0.338 e. The van der Waals surface area contributed by atoms with Gasteiger partial charge >= 0.3 is 0 Å². The van der Waals surface area contributed by atoms with Gasteiger partial charge in [-0.15, -0.1) is 0 Å². The zero-order valence-corrected chi connectivity index (χ0v) is 11.6. The Morgan fingerprint density at radius 2 is 1.95 bits per heavy atom. The first-order valence-electron chi connectivity index (χ1n) is 7.06. The van der Waals surface area contributed by atoms with E-state index in [4.69, 9.17) is 4.52 Å². The molecule has 1 heterocycles. The van der Waals surface area contributed by atoms with Crippen molar-refractivity contribution in [3.8, 4) is 11.1 Å². The van der Waals surface area contributed by atoms with Gasteiger partial charge in [0.2, 0.25) is 11.8 Å². The maximum absolute atomic E-state index is 12.2. The standard InChI is InChI=1S/C16H18N2O2/c1-11-6-8-12(9-7-11)14-10-17-20-16(14)18-15(19)13-4-2-3-5-13/h6-10,13H,2-5H2,1H3,(H,18,19). The number of benzene rings is 1. The van der Waals surface area contributed by atoms with Crippen molar-refractivity contribution in [3.05, 3.63) is 36.0 Å². The number of amides is 1. The highest BCUT2D eigenvalue weighted by Crippen LogP contribution is 2.30. The lowest BCUT2D eigenvalue weighted by Gasteiger charge is -2.09. The van der Waals surface area contributed by atoms with E-state index in [-0.39, 0.29) is 11.8 Å². The second-order valence-electron chi connectivity index (χ2n) is 5.41. The van der Waals surface area contributed by atoms with Crippen LogP contribution in [-0.2, 0) is 4.79 Å². The van der Waals surface area contributed by atoms with Crippen molar-refractivity contribution in [2.75, 3.05) is 5.32 Å². The smallest absolute Gasteiger partial charge is 0.239 e. The first kappa shape index (κ1) is 12.9. The molecule has 3 rings (SSSR count). The van der Waals surface area contributed by atoms with Crippen LogP contribution in [-0.4, -0.2) is 11.1 Å². The van der Waals surface area contributed by atoms with Crippen molar-refractivity contribution < 1.29 is 9.32 Å². The normalized spacial score (nSPS) is 15.4. The Morgan fingerprint density at radius 3 is 2.65 bits per heavy atom. The van der Waals surface area contributed by atoms with Gasteiger partial charge in [0.1, 0.15) is 0 Å². The van der Waals surface area contributed by atoms with Crippen molar-refractivity contribution in [3.63, 3.8) is 0 Å². The largest absolute Gasteiger partial charge is 0.338 e. The summed E-state index contributed by atoms with van der Waals surface area (Å²) in [6, 6.07) is 8.08. The van der Waals surface area contributed by atoms with Crippen molar-refractivity contribution in [1.82, 2.24) is 5.16 Å². The fourth-order valence-corrected chi connectivity index (χ4v) is 2.67. The average molecular weight is 270 g/mol. The summed E-state index contributed by atoms with van der Waals surface area (Å²) in [5, 5.41) is 6.69. The first-order valence-corrected chi connectivity index (χ1v) is 7.06. The van der Waals surface area contributed by atoms with E-state index in [9.17, 15) is 4.79 Å². The molecule has 0 unspecified atom stereocenters. The Labute approximate surface area is 118 Å². The Bertz CT molecular complexity index is 595. The van der Waals surface area contributed by atoms with Crippen molar-refractivity contribution in [2.45, 2.75) is 32.6 Å². The van der Waals surface area contributed by atoms with Gasteiger partial charge in [-0.05, 0) is 25.3 Å². The molecule has 4 nitrogen and oxygen atoms in total. The van der Waals surface area contributed by atoms with Crippen LogP contribution in [0.1, 0.15) is 31.2 Å². The molecule has 0 spiro atoms. The molecule has 1 saturated carbocycles. The van der Waals surface area contributed by atoms with Crippen LogP contribution in [0.4, 0.5) is 5.88 Å². The van der Waals surface area contributed by atoms with Crippen LogP contribution in [0.25, 0.3) is 11.1 Å². The molecule has 4 heteroatoms. The van der Waals surface area contributed by atoms with Crippen LogP contribution in [0.15, 0.2) is 35.0 Å². The van der Waals surface area contributed by atoms with Crippen LogP contribution < -0.4 is 5.32 Å². The molecule has 0 atom stereocenters. The molecular formula is C16H18N2O2. The number of hydrogen-bond acceptors (Lipinski definition) is 3. The molecule has 1 aromatic carbocycles. The van der Waals surface area contributed by atoms with Crippen LogP contribution in [0, 0.1) is 12.8 Å². The summed E-state index contributed by atoms with van der Waals surface area (Å²) in [7, 11) is 0. The number of carbonyl (C=O) groups is 1. The fourth-order valence-electron chi connectivity index (χ4n) is 2.67. The van der Waals surface area contributed by atoms with Crippen molar-refractivity contribution in [2.24, 2.45) is 5.92 Å². The zero-order valence-electron chi connectivity index (χ0n) is 11.6. The highest BCUT2D eigenvalue weighted by molar-refractivity contribution is 5.94. The molecule has 1 aromatic heterocycles. The Kier molecular flexibility index (Phi) is 3.54. The third-order valence-corrected chi connectivity index (χ3v) is 3.90. The molecule has 0 aliphatic heterocycles. The van der Waals surface area contributed by atoms with Gasteiger partial charge in [-0.3, -0.25) is 10.1 Å². The van der Waals surface area contributed by atoms with Gasteiger partial charge in [0.15, 0.2) is 0 Å². The maximum Gasteiger partial charge on any atom is 0.239 e. The molecule has 0 bridgehead atoms. The van der Waals surface area contributed by atoms with E-state index in [1.165, 1.54) is 5.56 Å². The quantitative estimate of drug-likeness (QED) is 0.923. The molecule has 0 radical (unpaired) electrons. The van der Waals surface area contributed by atoms with Gasteiger partial charge in [0.25, 0.3) is 0 Å². The Hall–Kier alpha value is -2.10. The van der Waals surface area contributed by atoms with Crippen molar-refractivity contribution in [1.29, 1.82) is 0 Å². The maximum atomic E-state index is 12.2. The lowest BCUT2D eigenvalue weighted by Crippen LogP contribution is -2.20. The Morgan fingerprint density at radius 1 is 1.25 bits per heavy atom. The predicted molar refractivity (Wildman–Crippen MR) is 77.3 cm³/mol. The molecule has 1 aliphatic carbocycles. The second-order valence-corrected chi connectivity index (χ2v) is 5.41. The lowest BCUT2D eigenvalue weighted by atomic mass is 10.1. The van der Waals surface area contributed by atoms with E-state index < -0.39 is 0 Å². The van der Waals surface area contributed by atoms with Gasteiger partial charge < -0.3 is 4.52 Å². The van der Waals surface area contributed by atoms with Crippen molar-refractivity contribution >= 4 is 11.8 Å². The molecule has 1 N–H and O–H groups in total. The number of rotatable bonds is 3. The molecule has 0 saturated heterocycles. The number of nitrogens with zero attached hydrogens (tertiary/aromatic N) is 1. The average Bonchev–Trinajstić information content (AvgIpc) is 3.10. The molecule has 1 aliphatic rings. The van der Waals surface area contributed by atoms with Crippen LogP contribution in [0.2, 0.25) is 0 Å². The van der Waals surface area contributed by atoms with Gasteiger partial charge in [-0.2, -0.15) is 0 Å². The number of aromatic nitrogens is 1. The summed E-state index contributed by atoms with van der Waals surface area (Å²) in [4.78, 5) is 12.2. The summed E-state index contributed by atoms with van der Waals surface area (Å²) in [6.45, 7) is 2.04. The number of carbonyl (C=O) groups excluding carboxylic acids is 1. The van der Waals surface area contributed by atoms with E-state index in [0.29, 0.717) is 5.88 Å². The molecular weight excluding hydrogens is 252 g/mol. The van der Waals surface area contributed by atoms with Crippen LogP contribution >= 0.6 is 0 Å². The monoisotopic (exact) mass is 270 g/mol. The third-order valence-electron chi connectivity index (χ3n) is 3.90. The number of nitrogens with one attached hydrogen (secondary N) is 1. The zero-order chi connectivity index (χ0) is 13.9. The van der Waals surface area contributed by atoms with E-state index in [1.807, 2.05) is 31.2 Å². The number of aryl methyl sites for hydroxylation is 1. The highest BCUT2D eigenvalue weighted by Gasteiger charge is 2.24. The molecule has 1 amide bonds. The van der Waals surface area contributed by atoms with E-state index >= 15 is 0 Å². The SMILES string of the molecule is Cc1ccc(-c2cnoc2NC(=O)C2CCCC2)cc1. The summed E-state index contributed by atoms with van der Waals surface area (Å²) in [5.41, 5.74) is 3.02. The van der Waals surface area contributed by atoms with Gasteiger partial charge in [-0.1, -0.05) is 47.8 Å². The number of anilines is 1. The molecule has 20 heavy (non-hydrogen) atoms. The fraction of sp³-hybridized carbons (Fsp3) is 0.375. The summed E-state index contributed by atoms with van der Waals surface area (Å²) in [5.74, 6) is 0.615. The molecule has 2 aromatic rings. The minimum atomic E-state index is 0.0487. The Balaban J connectivity index is 1.79. The summed E-state index contributed by atoms with van der Waals surface area (Å²) in [6.07, 6.45) is 5.87. The van der Waals surface area contributed by atoms with E-state index in [2.05, 4.69) is 10.5 Å². The highest BCUT2D eigenvalue weighted by atomic mass is 16.5. The van der Waals surface area contributed by atoms with E-state index in [1.54, 1.807) is 6.20 Å². The van der Waals surface area contributed by atoms with Crippen LogP contribution in [0.5, 0.6) is 0 Å². The van der Waals surface area contributed by atoms with E-state index in [0.717, 1.165) is 36.8 Å². The summed E-state index contributed by atoms with van der Waals surface area (Å²) < 4.78 is 5.20. The third kappa shape index (κ3) is 2.59. The van der Waals surface area contributed by atoms with Crippen LogP contribution in [0.3, 0.4) is 0 Å². The van der Waals surface area contributed by atoms with Gasteiger partial charge in [-0.25, -0.2) is 0 Å². The second kappa shape index (κ2) is 5.49. The summed E-state index contributed by atoms with van der Waals surface area (Å²) >= 11 is 0. The van der Waals surface area contributed by atoms with Gasteiger partial charge in [0, 0.05) is 5.92 Å².